The van der Waals surface area contributed by atoms with Gasteiger partial charge < -0.3 is 4.74 Å². The number of rotatable bonds is 2. The molecule has 0 aliphatic rings. The highest BCUT2D eigenvalue weighted by Gasteiger charge is 2.10. The van der Waals surface area contributed by atoms with Gasteiger partial charge in [0.25, 0.3) is 0 Å². The fraction of sp³-hybridized carbons (Fsp3) is 0.222. The van der Waals surface area contributed by atoms with Crippen molar-refractivity contribution in [3.05, 3.63) is 27.7 Å². The van der Waals surface area contributed by atoms with Crippen LogP contribution in [0, 0.1) is 0 Å². The van der Waals surface area contributed by atoms with Gasteiger partial charge in [-0.25, -0.2) is 4.79 Å². The molecule has 0 N–H and O–H groups in total. The number of carbonyl (C=O) groups is 1. The van der Waals surface area contributed by atoms with Crippen LogP contribution in [-0.2, 0) is 4.74 Å². The lowest BCUT2D eigenvalue weighted by Crippen LogP contribution is -1.95. The molecule has 0 aliphatic heterocycles. The summed E-state index contributed by atoms with van der Waals surface area (Å²) < 4.78 is 5.52. The lowest BCUT2D eigenvalue weighted by molar-refractivity contribution is 0.181. The first-order chi connectivity index (χ1) is 6.65. The monoisotopic (exact) mass is 294 g/mol. The van der Waals surface area contributed by atoms with E-state index in [4.69, 9.17) is 16.3 Å². The molecule has 0 aromatic heterocycles. The SMILES string of the molecule is CCOC(=O)Sc1cccc(Cl)c1Br. The van der Waals surface area contributed by atoms with Crippen LogP contribution in [0.2, 0.25) is 5.02 Å². The number of hydrogen-bond acceptors (Lipinski definition) is 3. The highest BCUT2D eigenvalue weighted by atomic mass is 79.9. The van der Waals surface area contributed by atoms with Gasteiger partial charge in [0, 0.05) is 4.90 Å². The summed E-state index contributed by atoms with van der Waals surface area (Å²) in [6, 6.07) is 5.34. The number of hydrogen-bond donors (Lipinski definition) is 0. The second-order valence-electron chi connectivity index (χ2n) is 2.34. The molecule has 0 atom stereocenters. The Labute approximate surface area is 100 Å². The Bertz CT molecular complexity index is 344. The van der Waals surface area contributed by atoms with E-state index < -0.39 is 0 Å². The topological polar surface area (TPSA) is 26.3 Å². The van der Waals surface area contributed by atoms with E-state index in [1.165, 1.54) is 0 Å². The summed E-state index contributed by atoms with van der Waals surface area (Å²) in [5.74, 6) is 0. The molecule has 0 amide bonds. The Hall–Kier alpha value is -0.190. The Balaban J connectivity index is 2.76. The van der Waals surface area contributed by atoms with E-state index in [1.54, 1.807) is 25.1 Å². The molecule has 0 unspecified atom stereocenters. The van der Waals surface area contributed by atoms with Crippen LogP contribution in [0.15, 0.2) is 27.6 Å². The molecule has 0 saturated heterocycles. The molecule has 0 saturated carbocycles. The zero-order chi connectivity index (χ0) is 10.6. The van der Waals surface area contributed by atoms with E-state index in [2.05, 4.69) is 15.9 Å². The Morgan fingerprint density at radius 2 is 2.36 bits per heavy atom. The fourth-order valence-electron chi connectivity index (χ4n) is 0.800. The van der Waals surface area contributed by atoms with Crippen LogP contribution in [-0.4, -0.2) is 11.9 Å². The molecule has 0 aliphatic carbocycles. The minimum Gasteiger partial charge on any atom is -0.458 e. The van der Waals surface area contributed by atoms with Crippen molar-refractivity contribution in [2.75, 3.05) is 6.61 Å². The van der Waals surface area contributed by atoms with Gasteiger partial charge in [-0.15, -0.1) is 0 Å². The third-order valence-corrected chi connectivity index (χ3v) is 3.88. The van der Waals surface area contributed by atoms with E-state index >= 15 is 0 Å². The fourth-order valence-corrected chi connectivity index (χ4v) is 2.24. The first-order valence-electron chi connectivity index (χ1n) is 3.93. The zero-order valence-electron chi connectivity index (χ0n) is 7.42. The number of benzene rings is 1. The van der Waals surface area contributed by atoms with Gasteiger partial charge in [-0.2, -0.15) is 0 Å². The summed E-state index contributed by atoms with van der Waals surface area (Å²) in [4.78, 5) is 11.9. The summed E-state index contributed by atoms with van der Waals surface area (Å²) in [6.45, 7) is 2.15. The molecule has 0 bridgehead atoms. The van der Waals surface area contributed by atoms with Crippen molar-refractivity contribution >= 4 is 44.6 Å². The lowest BCUT2D eigenvalue weighted by Gasteiger charge is -2.04. The van der Waals surface area contributed by atoms with Gasteiger partial charge in [0.05, 0.1) is 16.1 Å². The smallest absolute Gasteiger partial charge is 0.372 e. The standard InChI is InChI=1S/C9H8BrClO2S/c1-2-13-9(12)14-7-5-3-4-6(11)8(7)10/h3-5H,2H2,1H3. The highest BCUT2D eigenvalue weighted by molar-refractivity contribution is 9.10. The van der Waals surface area contributed by atoms with Crippen molar-refractivity contribution in [1.29, 1.82) is 0 Å². The molecule has 2 nitrogen and oxygen atoms in total. The minimum absolute atomic E-state index is 0.324. The molecular weight excluding hydrogens is 288 g/mol. The van der Waals surface area contributed by atoms with Gasteiger partial charge in [0.1, 0.15) is 0 Å². The molecule has 5 heteroatoms. The van der Waals surface area contributed by atoms with Crippen LogP contribution in [0.25, 0.3) is 0 Å². The average molecular weight is 296 g/mol. The number of halogens is 2. The van der Waals surface area contributed by atoms with E-state index in [1.807, 2.05) is 0 Å². The van der Waals surface area contributed by atoms with E-state index in [9.17, 15) is 4.79 Å². The summed E-state index contributed by atoms with van der Waals surface area (Å²) >= 11 is 10.2. The van der Waals surface area contributed by atoms with Crippen molar-refractivity contribution in [2.24, 2.45) is 0 Å². The Kier molecular flexibility index (Phi) is 4.78. The van der Waals surface area contributed by atoms with E-state index in [-0.39, 0.29) is 5.30 Å². The molecule has 0 radical (unpaired) electrons. The van der Waals surface area contributed by atoms with Crippen LogP contribution in [0.5, 0.6) is 0 Å². The Morgan fingerprint density at radius 1 is 1.64 bits per heavy atom. The van der Waals surface area contributed by atoms with Crippen LogP contribution in [0.1, 0.15) is 6.92 Å². The first-order valence-corrected chi connectivity index (χ1v) is 5.92. The van der Waals surface area contributed by atoms with Gasteiger partial charge in [-0.3, -0.25) is 0 Å². The minimum atomic E-state index is -0.324. The predicted molar refractivity (Wildman–Crippen MR) is 62.0 cm³/mol. The van der Waals surface area contributed by atoms with Crippen LogP contribution < -0.4 is 0 Å². The Morgan fingerprint density at radius 3 is 3.00 bits per heavy atom. The number of ether oxygens (including phenoxy) is 1. The summed E-state index contributed by atoms with van der Waals surface area (Å²) in [7, 11) is 0. The average Bonchev–Trinajstić information content (AvgIpc) is 2.13. The highest BCUT2D eigenvalue weighted by Crippen LogP contribution is 2.33. The van der Waals surface area contributed by atoms with Gasteiger partial charge in [-0.05, 0) is 46.7 Å². The molecule has 1 rings (SSSR count). The van der Waals surface area contributed by atoms with E-state index in [0.717, 1.165) is 21.1 Å². The van der Waals surface area contributed by atoms with Gasteiger partial charge in [-0.1, -0.05) is 17.7 Å². The molecular formula is C9H8BrClO2S. The first kappa shape index (κ1) is 11.9. The molecule has 14 heavy (non-hydrogen) atoms. The molecule has 0 fully saturated rings. The molecule has 1 aromatic rings. The molecule has 76 valence electrons. The van der Waals surface area contributed by atoms with Crippen molar-refractivity contribution in [3.8, 4) is 0 Å². The van der Waals surface area contributed by atoms with E-state index in [0.29, 0.717) is 11.6 Å². The van der Waals surface area contributed by atoms with Crippen molar-refractivity contribution in [3.63, 3.8) is 0 Å². The third-order valence-electron chi connectivity index (χ3n) is 1.37. The second kappa shape index (κ2) is 5.63. The molecule has 0 heterocycles. The van der Waals surface area contributed by atoms with Crippen molar-refractivity contribution < 1.29 is 9.53 Å². The molecule has 0 spiro atoms. The normalized spacial score (nSPS) is 9.93. The van der Waals surface area contributed by atoms with Crippen molar-refractivity contribution in [1.82, 2.24) is 0 Å². The maximum atomic E-state index is 11.2. The predicted octanol–water partition coefficient (Wildman–Crippen LogP) is 4.35. The second-order valence-corrected chi connectivity index (χ2v) is 4.51. The third kappa shape index (κ3) is 3.19. The number of carbonyl (C=O) groups excluding carboxylic acids is 1. The van der Waals surface area contributed by atoms with Gasteiger partial charge >= 0.3 is 5.30 Å². The summed E-state index contributed by atoms with van der Waals surface area (Å²) in [5.41, 5.74) is 0. The van der Waals surface area contributed by atoms with Crippen LogP contribution in [0.3, 0.4) is 0 Å². The van der Waals surface area contributed by atoms with Crippen LogP contribution in [0.4, 0.5) is 4.79 Å². The van der Waals surface area contributed by atoms with Crippen LogP contribution >= 0.6 is 39.3 Å². The largest absolute Gasteiger partial charge is 0.458 e. The maximum absolute atomic E-state index is 11.2. The molecule has 1 aromatic carbocycles. The summed E-state index contributed by atoms with van der Waals surface area (Å²) in [6.07, 6.45) is 0. The summed E-state index contributed by atoms with van der Waals surface area (Å²) in [5, 5.41) is 0.259. The van der Waals surface area contributed by atoms with Gasteiger partial charge in [0.2, 0.25) is 0 Å². The quantitative estimate of drug-likeness (QED) is 0.599. The zero-order valence-corrected chi connectivity index (χ0v) is 10.6. The van der Waals surface area contributed by atoms with Gasteiger partial charge in [0.15, 0.2) is 0 Å². The lowest BCUT2D eigenvalue weighted by atomic mass is 10.4. The number of thioether (sulfide) groups is 1. The van der Waals surface area contributed by atoms with Crippen molar-refractivity contribution in [2.45, 2.75) is 11.8 Å². The maximum Gasteiger partial charge on any atom is 0.372 e.